The number of hydrogen-bond acceptors (Lipinski definition) is 3. The lowest BCUT2D eigenvalue weighted by molar-refractivity contribution is 0.163. The quantitative estimate of drug-likeness (QED) is 0.214. The fourth-order valence-electron chi connectivity index (χ4n) is 1.41. The van der Waals surface area contributed by atoms with Gasteiger partial charge in [-0.1, -0.05) is 5.16 Å². The predicted octanol–water partition coefficient (Wildman–Crippen LogP) is -0.605. The molecule has 5 heteroatoms. The Morgan fingerprint density at radius 2 is 2.08 bits per heavy atom. The van der Waals surface area contributed by atoms with E-state index in [2.05, 4.69) is 5.16 Å². The van der Waals surface area contributed by atoms with Crippen molar-refractivity contribution in [1.29, 1.82) is 0 Å². The third-order valence-electron chi connectivity index (χ3n) is 2.30. The van der Waals surface area contributed by atoms with E-state index in [1.807, 2.05) is 4.90 Å². The van der Waals surface area contributed by atoms with E-state index < -0.39 is 0 Å². The van der Waals surface area contributed by atoms with E-state index in [0.717, 1.165) is 25.9 Å². The molecule has 0 radical (unpaired) electrons. The van der Waals surface area contributed by atoms with Crippen LogP contribution in [0.3, 0.4) is 0 Å². The van der Waals surface area contributed by atoms with Crippen molar-refractivity contribution in [1.82, 2.24) is 4.90 Å². The summed E-state index contributed by atoms with van der Waals surface area (Å²) in [5, 5.41) is 20.1. The van der Waals surface area contributed by atoms with Gasteiger partial charge in [0.1, 0.15) is 0 Å². The number of likely N-dealkylation sites (tertiary alicyclic amines) is 1. The molecular weight excluding hydrogens is 158 g/mol. The van der Waals surface area contributed by atoms with Crippen LogP contribution in [0.4, 0.5) is 0 Å². The number of oxime groups is 1. The van der Waals surface area contributed by atoms with Crippen LogP contribution in [0.15, 0.2) is 5.16 Å². The number of aliphatic hydroxyl groups is 1. The van der Waals surface area contributed by atoms with Crippen LogP contribution in [0.1, 0.15) is 12.8 Å². The molecule has 0 unspecified atom stereocenters. The number of piperidine rings is 1. The van der Waals surface area contributed by atoms with Gasteiger partial charge < -0.3 is 20.9 Å². The highest BCUT2D eigenvalue weighted by molar-refractivity contribution is 5.77. The molecule has 1 saturated heterocycles. The summed E-state index contributed by atoms with van der Waals surface area (Å²) < 4.78 is 0. The molecule has 1 fully saturated rings. The second kappa shape index (κ2) is 4.15. The van der Waals surface area contributed by atoms with E-state index in [-0.39, 0.29) is 12.6 Å². The Morgan fingerprint density at radius 1 is 1.50 bits per heavy atom. The van der Waals surface area contributed by atoms with Gasteiger partial charge in [0.2, 0.25) is 5.96 Å². The maximum Gasteiger partial charge on any atom is 0.233 e. The van der Waals surface area contributed by atoms with Gasteiger partial charge in [-0.3, -0.25) is 0 Å². The second-order valence-corrected chi connectivity index (χ2v) is 3.07. The molecule has 5 nitrogen and oxygen atoms in total. The van der Waals surface area contributed by atoms with Crippen molar-refractivity contribution in [2.45, 2.75) is 12.8 Å². The van der Waals surface area contributed by atoms with Crippen molar-refractivity contribution >= 4 is 5.96 Å². The number of guanidine groups is 1. The van der Waals surface area contributed by atoms with Crippen LogP contribution in [-0.4, -0.2) is 40.9 Å². The summed E-state index contributed by atoms with van der Waals surface area (Å²) in [6.45, 7) is 1.77. The molecule has 0 aromatic carbocycles. The van der Waals surface area contributed by atoms with E-state index >= 15 is 0 Å². The van der Waals surface area contributed by atoms with Crippen LogP contribution < -0.4 is 5.73 Å². The zero-order valence-corrected chi connectivity index (χ0v) is 6.98. The molecule has 12 heavy (non-hydrogen) atoms. The minimum absolute atomic E-state index is 0.173. The van der Waals surface area contributed by atoms with Crippen molar-refractivity contribution in [3.05, 3.63) is 0 Å². The van der Waals surface area contributed by atoms with E-state index in [0.29, 0.717) is 5.92 Å². The highest BCUT2D eigenvalue weighted by atomic mass is 16.4. The van der Waals surface area contributed by atoms with E-state index in [4.69, 9.17) is 16.0 Å². The molecule has 1 aliphatic heterocycles. The molecule has 1 aliphatic rings. The topological polar surface area (TPSA) is 82.1 Å². The standard InChI is InChI=1S/C7H15N3O2/c8-7(9-12)10-3-1-6(5-11)2-4-10/h6,11-12H,1-5H2,(H2,8,9). The molecule has 1 rings (SSSR count). The molecule has 4 N–H and O–H groups in total. The molecule has 70 valence electrons. The zero-order chi connectivity index (χ0) is 8.97. The Kier molecular flexibility index (Phi) is 3.16. The third-order valence-corrected chi connectivity index (χ3v) is 2.30. The summed E-state index contributed by atoms with van der Waals surface area (Å²) in [5.41, 5.74) is 5.40. The van der Waals surface area contributed by atoms with Crippen LogP contribution in [0.2, 0.25) is 0 Å². The Hall–Kier alpha value is -0.970. The highest BCUT2D eigenvalue weighted by Crippen LogP contribution is 2.15. The van der Waals surface area contributed by atoms with E-state index in [1.54, 1.807) is 0 Å². The lowest BCUT2D eigenvalue weighted by Crippen LogP contribution is -2.43. The van der Waals surface area contributed by atoms with Gasteiger partial charge in [0.25, 0.3) is 0 Å². The first-order valence-corrected chi connectivity index (χ1v) is 4.11. The van der Waals surface area contributed by atoms with Gasteiger partial charge in [-0.2, -0.15) is 0 Å². The Bertz CT molecular complexity index is 164. The van der Waals surface area contributed by atoms with Crippen LogP contribution in [0.25, 0.3) is 0 Å². The normalized spacial score (nSPS) is 21.4. The fourth-order valence-corrected chi connectivity index (χ4v) is 1.41. The molecule has 0 aromatic rings. The minimum Gasteiger partial charge on any atom is -0.408 e. The first-order valence-electron chi connectivity index (χ1n) is 4.11. The predicted molar refractivity (Wildman–Crippen MR) is 44.8 cm³/mol. The number of hydrogen-bond donors (Lipinski definition) is 3. The summed E-state index contributed by atoms with van der Waals surface area (Å²) in [6, 6.07) is 0. The third kappa shape index (κ3) is 2.01. The smallest absolute Gasteiger partial charge is 0.233 e. The molecule has 0 amide bonds. The number of nitrogens with zero attached hydrogens (tertiary/aromatic N) is 2. The second-order valence-electron chi connectivity index (χ2n) is 3.07. The maximum atomic E-state index is 8.84. The maximum absolute atomic E-state index is 8.84. The van der Waals surface area contributed by atoms with Crippen LogP contribution in [0, 0.1) is 5.92 Å². The number of nitrogens with two attached hydrogens (primary N) is 1. The van der Waals surface area contributed by atoms with Crippen molar-refractivity contribution in [2.24, 2.45) is 16.8 Å². The molecule has 0 bridgehead atoms. The molecule has 0 aliphatic carbocycles. The first kappa shape index (κ1) is 9.12. The van der Waals surface area contributed by atoms with Gasteiger partial charge in [-0.25, -0.2) is 0 Å². The summed E-state index contributed by atoms with van der Waals surface area (Å²) in [5.74, 6) is 0.555. The van der Waals surface area contributed by atoms with E-state index in [1.165, 1.54) is 0 Å². The Labute approximate surface area is 71.5 Å². The summed E-state index contributed by atoms with van der Waals surface area (Å²) in [7, 11) is 0. The van der Waals surface area contributed by atoms with Crippen molar-refractivity contribution in [2.75, 3.05) is 19.7 Å². The largest absolute Gasteiger partial charge is 0.408 e. The van der Waals surface area contributed by atoms with Crippen LogP contribution in [-0.2, 0) is 0 Å². The van der Waals surface area contributed by atoms with Crippen molar-refractivity contribution in [3.8, 4) is 0 Å². The fraction of sp³-hybridized carbons (Fsp3) is 0.857. The lowest BCUT2D eigenvalue weighted by atomic mass is 9.98. The first-order chi connectivity index (χ1) is 5.77. The SMILES string of the molecule is NC(=NO)N1CCC(CO)CC1. The van der Waals surface area contributed by atoms with E-state index in [9.17, 15) is 0 Å². The summed E-state index contributed by atoms with van der Waals surface area (Å²) in [4.78, 5) is 1.81. The number of aliphatic hydroxyl groups excluding tert-OH is 1. The van der Waals surface area contributed by atoms with Gasteiger partial charge in [0.05, 0.1) is 0 Å². The minimum atomic E-state index is 0.173. The molecular formula is C7H15N3O2. The molecule has 0 atom stereocenters. The summed E-state index contributed by atoms with van der Waals surface area (Å²) >= 11 is 0. The Morgan fingerprint density at radius 3 is 2.50 bits per heavy atom. The molecule has 0 aromatic heterocycles. The van der Waals surface area contributed by atoms with Crippen LogP contribution in [0.5, 0.6) is 0 Å². The average molecular weight is 173 g/mol. The van der Waals surface area contributed by atoms with Crippen molar-refractivity contribution < 1.29 is 10.3 Å². The van der Waals surface area contributed by atoms with Gasteiger partial charge in [-0.15, -0.1) is 0 Å². The van der Waals surface area contributed by atoms with Gasteiger partial charge in [0, 0.05) is 19.7 Å². The van der Waals surface area contributed by atoms with Gasteiger partial charge >= 0.3 is 0 Å². The monoisotopic (exact) mass is 173 g/mol. The zero-order valence-electron chi connectivity index (χ0n) is 6.98. The summed E-state index contributed by atoms with van der Waals surface area (Å²) in [6.07, 6.45) is 1.82. The van der Waals surface area contributed by atoms with Crippen molar-refractivity contribution in [3.63, 3.8) is 0 Å². The van der Waals surface area contributed by atoms with Gasteiger partial charge in [0.15, 0.2) is 0 Å². The Balaban J connectivity index is 2.36. The highest BCUT2D eigenvalue weighted by Gasteiger charge is 2.19. The molecule has 0 saturated carbocycles. The number of rotatable bonds is 1. The average Bonchev–Trinajstić information content (AvgIpc) is 2.17. The molecule has 1 heterocycles. The van der Waals surface area contributed by atoms with Gasteiger partial charge in [-0.05, 0) is 18.8 Å². The lowest BCUT2D eigenvalue weighted by Gasteiger charge is -2.30. The van der Waals surface area contributed by atoms with Crippen LogP contribution >= 0.6 is 0 Å². The molecule has 0 spiro atoms.